The van der Waals surface area contributed by atoms with Gasteiger partial charge in [0, 0.05) is 9.50 Å². The van der Waals surface area contributed by atoms with Gasteiger partial charge in [-0.3, -0.25) is 4.79 Å². The largest absolute Gasteiger partial charge is 0.467 e. The van der Waals surface area contributed by atoms with Crippen LogP contribution in [0.2, 0.25) is 10.0 Å². The molecule has 0 spiro atoms. The molecule has 1 heterocycles. The van der Waals surface area contributed by atoms with Gasteiger partial charge in [0.1, 0.15) is 6.33 Å². The molecule has 3 rings (SSSR count). The zero-order chi connectivity index (χ0) is 17.1. The van der Waals surface area contributed by atoms with E-state index in [-0.39, 0.29) is 12.5 Å². The Bertz CT molecular complexity index is 921. The zero-order valence-electron chi connectivity index (χ0n) is 12.1. The summed E-state index contributed by atoms with van der Waals surface area (Å²) in [5.74, 6) is -0.0281. The molecule has 1 N–H and O–H groups in total. The van der Waals surface area contributed by atoms with E-state index in [4.69, 9.17) is 27.9 Å². The number of ether oxygens (including phenoxy) is 1. The minimum atomic E-state index is -0.360. The molecule has 1 aromatic heterocycles. The molecule has 0 aliphatic carbocycles. The Hall–Kier alpha value is -1.89. The van der Waals surface area contributed by atoms with E-state index in [1.165, 1.54) is 6.33 Å². The standard InChI is InChI=1S/C16H10BrCl2N3O2/c17-9-1-3-13-11(5-9)16(21-8-20-13)24-7-15(23)22-14-4-2-10(18)6-12(14)19/h1-6,8H,7H2,(H,22,23). The fourth-order valence-corrected chi connectivity index (χ4v) is 2.85. The summed E-state index contributed by atoms with van der Waals surface area (Å²) in [6.07, 6.45) is 1.39. The number of hydrogen-bond acceptors (Lipinski definition) is 4. The number of fused-ring (bicyclic) bond motifs is 1. The molecule has 0 saturated heterocycles. The highest BCUT2D eigenvalue weighted by Crippen LogP contribution is 2.26. The van der Waals surface area contributed by atoms with E-state index in [0.29, 0.717) is 27.0 Å². The molecule has 1 amide bonds. The maximum atomic E-state index is 12.0. The summed E-state index contributed by atoms with van der Waals surface area (Å²) in [5.41, 5.74) is 1.19. The van der Waals surface area contributed by atoms with E-state index in [0.717, 1.165) is 9.99 Å². The second-order valence-corrected chi connectivity index (χ2v) is 6.56. The summed E-state index contributed by atoms with van der Waals surface area (Å²) in [7, 11) is 0. The summed E-state index contributed by atoms with van der Waals surface area (Å²) >= 11 is 15.2. The number of aromatic nitrogens is 2. The van der Waals surface area contributed by atoms with Crippen LogP contribution in [-0.4, -0.2) is 22.5 Å². The molecule has 3 aromatic rings. The molecule has 0 atom stereocenters. The van der Waals surface area contributed by atoms with Gasteiger partial charge in [0.2, 0.25) is 5.88 Å². The van der Waals surface area contributed by atoms with E-state index >= 15 is 0 Å². The summed E-state index contributed by atoms with van der Waals surface area (Å²) in [6.45, 7) is -0.211. The van der Waals surface area contributed by atoms with E-state index in [1.807, 2.05) is 18.2 Å². The van der Waals surface area contributed by atoms with Crippen molar-refractivity contribution in [3.05, 3.63) is 57.2 Å². The summed E-state index contributed by atoms with van der Waals surface area (Å²) < 4.78 is 6.39. The molecule has 0 fully saturated rings. The average Bonchev–Trinajstić information content (AvgIpc) is 2.55. The molecule has 5 nitrogen and oxygen atoms in total. The first-order chi connectivity index (χ1) is 11.5. The number of anilines is 1. The topological polar surface area (TPSA) is 64.1 Å². The molecular weight excluding hydrogens is 417 g/mol. The van der Waals surface area contributed by atoms with Gasteiger partial charge >= 0.3 is 0 Å². The Morgan fingerprint density at radius 2 is 2.00 bits per heavy atom. The first-order valence-corrected chi connectivity index (χ1v) is 8.36. The van der Waals surface area contributed by atoms with E-state index < -0.39 is 0 Å². The predicted molar refractivity (Wildman–Crippen MR) is 97.8 cm³/mol. The van der Waals surface area contributed by atoms with Crippen LogP contribution in [0.5, 0.6) is 5.88 Å². The number of benzene rings is 2. The smallest absolute Gasteiger partial charge is 0.262 e. The van der Waals surface area contributed by atoms with Crippen molar-refractivity contribution >= 4 is 61.6 Å². The normalized spacial score (nSPS) is 10.6. The van der Waals surface area contributed by atoms with E-state index in [9.17, 15) is 4.79 Å². The van der Waals surface area contributed by atoms with Gasteiger partial charge in [-0.25, -0.2) is 9.97 Å². The zero-order valence-corrected chi connectivity index (χ0v) is 15.2. The van der Waals surface area contributed by atoms with Crippen molar-refractivity contribution in [2.75, 3.05) is 11.9 Å². The predicted octanol–water partition coefficient (Wildman–Crippen LogP) is 4.72. The maximum absolute atomic E-state index is 12.0. The second kappa shape index (κ2) is 7.34. The van der Waals surface area contributed by atoms with Gasteiger partial charge in [0.15, 0.2) is 6.61 Å². The van der Waals surface area contributed by atoms with Crippen LogP contribution in [0.15, 0.2) is 47.2 Å². The molecular formula is C16H10BrCl2N3O2. The van der Waals surface area contributed by atoms with Gasteiger partial charge < -0.3 is 10.1 Å². The molecule has 122 valence electrons. The number of carbonyl (C=O) groups is 1. The van der Waals surface area contributed by atoms with Crippen LogP contribution in [0.3, 0.4) is 0 Å². The van der Waals surface area contributed by atoms with E-state index in [2.05, 4.69) is 31.2 Å². The third-order valence-electron chi connectivity index (χ3n) is 3.11. The Kier molecular flexibility index (Phi) is 5.18. The molecule has 0 aliphatic heterocycles. The average molecular weight is 427 g/mol. The molecule has 0 saturated carbocycles. The van der Waals surface area contributed by atoms with Crippen molar-refractivity contribution in [3.63, 3.8) is 0 Å². The molecule has 2 aromatic carbocycles. The van der Waals surface area contributed by atoms with Crippen molar-refractivity contribution in [3.8, 4) is 5.88 Å². The Balaban J connectivity index is 1.71. The molecule has 0 aliphatic rings. The van der Waals surface area contributed by atoms with Crippen LogP contribution < -0.4 is 10.1 Å². The first kappa shape index (κ1) is 17.0. The lowest BCUT2D eigenvalue weighted by Gasteiger charge is -2.10. The number of rotatable bonds is 4. The number of halogens is 3. The van der Waals surface area contributed by atoms with Crippen molar-refractivity contribution in [2.45, 2.75) is 0 Å². The minimum absolute atomic E-state index is 0.211. The maximum Gasteiger partial charge on any atom is 0.262 e. The van der Waals surface area contributed by atoms with Crippen LogP contribution in [-0.2, 0) is 4.79 Å². The summed E-state index contributed by atoms with van der Waals surface area (Å²) in [6, 6.07) is 10.3. The van der Waals surface area contributed by atoms with Crippen molar-refractivity contribution < 1.29 is 9.53 Å². The molecule has 8 heteroatoms. The van der Waals surface area contributed by atoms with Gasteiger partial charge in [-0.2, -0.15) is 0 Å². The number of amides is 1. The number of hydrogen-bond donors (Lipinski definition) is 1. The van der Waals surface area contributed by atoms with Gasteiger partial charge in [0.05, 0.1) is 21.6 Å². The van der Waals surface area contributed by atoms with Crippen LogP contribution in [0.25, 0.3) is 10.9 Å². The monoisotopic (exact) mass is 425 g/mol. The van der Waals surface area contributed by atoms with Crippen molar-refractivity contribution in [2.24, 2.45) is 0 Å². The Morgan fingerprint density at radius 1 is 1.17 bits per heavy atom. The fraction of sp³-hybridized carbons (Fsp3) is 0.0625. The number of nitrogens with one attached hydrogen (secondary N) is 1. The SMILES string of the molecule is O=C(COc1ncnc2ccc(Br)cc12)Nc1ccc(Cl)cc1Cl. The molecule has 24 heavy (non-hydrogen) atoms. The Morgan fingerprint density at radius 3 is 2.79 bits per heavy atom. The van der Waals surface area contributed by atoms with Gasteiger partial charge in [-0.05, 0) is 36.4 Å². The van der Waals surface area contributed by atoms with Crippen molar-refractivity contribution in [1.82, 2.24) is 9.97 Å². The lowest BCUT2D eigenvalue weighted by Crippen LogP contribution is -2.20. The summed E-state index contributed by atoms with van der Waals surface area (Å²) in [5, 5.41) is 4.22. The minimum Gasteiger partial charge on any atom is -0.467 e. The number of carbonyl (C=O) groups excluding carboxylic acids is 1. The quantitative estimate of drug-likeness (QED) is 0.655. The molecule has 0 bridgehead atoms. The highest BCUT2D eigenvalue weighted by Gasteiger charge is 2.10. The highest BCUT2D eigenvalue weighted by molar-refractivity contribution is 9.10. The van der Waals surface area contributed by atoms with Crippen molar-refractivity contribution in [1.29, 1.82) is 0 Å². The lowest BCUT2D eigenvalue weighted by molar-refractivity contribution is -0.118. The van der Waals surface area contributed by atoms with Crippen LogP contribution in [0.4, 0.5) is 5.69 Å². The van der Waals surface area contributed by atoms with Crippen LogP contribution in [0.1, 0.15) is 0 Å². The van der Waals surface area contributed by atoms with Gasteiger partial charge in [-0.15, -0.1) is 0 Å². The van der Waals surface area contributed by atoms with E-state index in [1.54, 1.807) is 18.2 Å². The van der Waals surface area contributed by atoms with Gasteiger partial charge in [0.25, 0.3) is 5.91 Å². The highest BCUT2D eigenvalue weighted by atomic mass is 79.9. The van der Waals surface area contributed by atoms with Crippen LogP contribution >= 0.6 is 39.1 Å². The molecule has 0 radical (unpaired) electrons. The lowest BCUT2D eigenvalue weighted by atomic mass is 10.2. The second-order valence-electron chi connectivity index (χ2n) is 4.80. The van der Waals surface area contributed by atoms with Gasteiger partial charge in [-0.1, -0.05) is 39.1 Å². The fourth-order valence-electron chi connectivity index (χ4n) is 2.03. The third kappa shape index (κ3) is 3.95. The first-order valence-electron chi connectivity index (χ1n) is 6.81. The third-order valence-corrected chi connectivity index (χ3v) is 4.15. The molecule has 0 unspecified atom stereocenters. The van der Waals surface area contributed by atoms with Crippen LogP contribution in [0, 0.1) is 0 Å². The summed E-state index contributed by atoms with van der Waals surface area (Å²) in [4.78, 5) is 20.3. The Labute approximate surface area is 156 Å². The number of nitrogens with zero attached hydrogens (tertiary/aromatic N) is 2.